The Morgan fingerprint density at radius 1 is 0.410 bits per heavy atom. The van der Waals surface area contributed by atoms with Crippen LogP contribution in [0, 0.1) is 0 Å². The van der Waals surface area contributed by atoms with Crippen LogP contribution in [0.25, 0.3) is 0 Å². The van der Waals surface area contributed by atoms with Gasteiger partial charge in [0.25, 0.3) is 0 Å². The van der Waals surface area contributed by atoms with Gasteiger partial charge in [0, 0.05) is 5.97 Å². The second-order valence-corrected chi connectivity index (χ2v) is 12.2. The van der Waals surface area contributed by atoms with E-state index in [2.05, 4.69) is 18.7 Å². The summed E-state index contributed by atoms with van der Waals surface area (Å²) in [6, 6.07) is 0. The molecule has 0 atom stereocenters. The molecule has 3 nitrogen and oxygen atoms in total. The number of carbonyl (C=O) groups excluding carboxylic acids is 1. The molecule has 228 valence electrons. The van der Waals surface area contributed by atoms with Crippen molar-refractivity contribution in [3.63, 3.8) is 0 Å². The molecule has 0 fully saturated rings. The van der Waals surface area contributed by atoms with Gasteiger partial charge in [-0.1, -0.05) is 168 Å². The minimum Gasteiger partial charge on any atom is -0.550 e. The van der Waals surface area contributed by atoms with Gasteiger partial charge in [-0.2, -0.15) is 0 Å². The number of carboxylic acid groups (broad SMARTS) is 1. The molecule has 0 aromatic rings. The zero-order valence-electron chi connectivity index (χ0n) is 27.4. The first-order valence-corrected chi connectivity index (χ1v) is 17.6. The predicted molar refractivity (Wildman–Crippen MR) is 167 cm³/mol. The molecule has 39 heavy (non-hydrogen) atoms. The molecule has 0 saturated heterocycles. The summed E-state index contributed by atoms with van der Waals surface area (Å²) < 4.78 is 0. The van der Waals surface area contributed by atoms with E-state index in [1.807, 2.05) is 0 Å². The summed E-state index contributed by atoms with van der Waals surface area (Å²) in [5.41, 5.74) is 0. The molecule has 0 saturated carbocycles. The number of hydrogen-bond acceptors (Lipinski definition) is 3. The van der Waals surface area contributed by atoms with Crippen LogP contribution in [0.3, 0.4) is 0 Å². The Bertz CT molecular complexity index is 430. The van der Waals surface area contributed by atoms with Crippen LogP contribution in [-0.4, -0.2) is 30.5 Å². The number of carbonyl (C=O) groups is 1. The van der Waals surface area contributed by atoms with Crippen molar-refractivity contribution in [1.29, 1.82) is 0 Å². The van der Waals surface area contributed by atoms with Crippen LogP contribution in [0.2, 0.25) is 0 Å². The van der Waals surface area contributed by atoms with Crippen LogP contribution in [-0.2, 0) is 4.79 Å². The first-order valence-electron chi connectivity index (χ1n) is 17.6. The number of unbranched alkanes of at least 4 members (excludes halogenated alkanes) is 25. The Labute approximate surface area is 289 Å². The van der Waals surface area contributed by atoms with Gasteiger partial charge in [-0.25, -0.2) is 0 Å². The third-order valence-corrected chi connectivity index (χ3v) is 8.26. The predicted octanol–water partition coefficient (Wildman–Crippen LogP) is 7.40. The molecule has 0 heterocycles. The third kappa shape index (κ3) is 37.0. The van der Waals surface area contributed by atoms with Gasteiger partial charge >= 0.3 is 51.4 Å². The van der Waals surface area contributed by atoms with E-state index in [4.69, 9.17) is 0 Å². The van der Waals surface area contributed by atoms with Crippen LogP contribution < -0.4 is 56.5 Å². The monoisotopic (exact) mass is 576 g/mol. The molecule has 0 N–H and O–H groups in total. The summed E-state index contributed by atoms with van der Waals surface area (Å²) in [6.45, 7) is 8.03. The van der Waals surface area contributed by atoms with Crippen LogP contribution in [0.15, 0.2) is 0 Å². The molecule has 0 amide bonds. The van der Waals surface area contributed by atoms with E-state index < -0.39 is 5.97 Å². The molecule has 0 rings (SSSR count). The topological polar surface area (TPSA) is 43.4 Å². The summed E-state index contributed by atoms with van der Waals surface area (Å²) in [4.78, 5) is 13.4. The maximum Gasteiger partial charge on any atom is 1.00 e. The van der Waals surface area contributed by atoms with E-state index in [-0.39, 0.29) is 57.8 Å². The van der Waals surface area contributed by atoms with Gasteiger partial charge in [-0.05, 0) is 51.7 Å². The zero-order valence-corrected chi connectivity index (χ0v) is 30.5. The molecular formula is C35H70KNO2. The summed E-state index contributed by atoms with van der Waals surface area (Å²) in [5.74, 6) is -0.899. The standard InChI is InChI=1S/C35H71NO2.K/c1-3-5-7-9-11-13-15-17-19-21-23-25-28-32-36(34-30-27-31-35(37)38)33-29-26-24-22-20-18-16-14-12-10-8-6-4-2;/h3-34H2,1-2H3,(H,37,38);/q;+1/p-1. The maximum absolute atomic E-state index is 10.7. The zero-order chi connectivity index (χ0) is 27.8. The fraction of sp³-hybridized carbons (Fsp3) is 0.971. The van der Waals surface area contributed by atoms with Crippen molar-refractivity contribution < 1.29 is 61.3 Å². The number of hydrogen-bond donors (Lipinski definition) is 0. The first-order chi connectivity index (χ1) is 18.7. The van der Waals surface area contributed by atoms with E-state index >= 15 is 0 Å². The van der Waals surface area contributed by atoms with Crippen LogP contribution in [0.1, 0.15) is 200 Å². The smallest absolute Gasteiger partial charge is 0.550 e. The van der Waals surface area contributed by atoms with Crippen molar-refractivity contribution in [2.24, 2.45) is 0 Å². The van der Waals surface area contributed by atoms with E-state index in [0.717, 1.165) is 19.4 Å². The fourth-order valence-electron chi connectivity index (χ4n) is 5.65. The number of carboxylic acids is 1. The number of nitrogens with zero attached hydrogens (tertiary/aromatic N) is 1. The van der Waals surface area contributed by atoms with Gasteiger partial charge in [0.05, 0.1) is 0 Å². The fourth-order valence-corrected chi connectivity index (χ4v) is 5.65. The molecule has 0 radical (unpaired) electrons. The maximum atomic E-state index is 10.7. The second kappa shape index (κ2) is 37.1. The van der Waals surface area contributed by atoms with Gasteiger partial charge in [0.1, 0.15) is 0 Å². The van der Waals surface area contributed by atoms with Crippen LogP contribution >= 0.6 is 0 Å². The van der Waals surface area contributed by atoms with Crippen molar-refractivity contribution in [3.8, 4) is 0 Å². The Morgan fingerprint density at radius 2 is 0.641 bits per heavy atom. The summed E-state index contributed by atoms with van der Waals surface area (Å²) >= 11 is 0. The van der Waals surface area contributed by atoms with Crippen molar-refractivity contribution in [2.75, 3.05) is 19.6 Å². The summed E-state index contributed by atoms with van der Waals surface area (Å²) in [6.07, 6.45) is 38.4. The summed E-state index contributed by atoms with van der Waals surface area (Å²) in [5, 5.41) is 10.7. The molecule has 0 unspecified atom stereocenters. The van der Waals surface area contributed by atoms with Crippen LogP contribution in [0.4, 0.5) is 0 Å². The number of rotatable bonds is 33. The van der Waals surface area contributed by atoms with Gasteiger partial charge in [0.2, 0.25) is 0 Å². The minimum absolute atomic E-state index is 0. The van der Waals surface area contributed by atoms with E-state index in [1.54, 1.807) is 0 Å². The third-order valence-electron chi connectivity index (χ3n) is 8.26. The molecular weight excluding hydrogens is 505 g/mol. The molecule has 0 aliphatic rings. The SMILES string of the molecule is CCCCCCCCCCCCCCCN(CCCCCCCCCCCCCCC)CCCCC(=O)[O-].[K+]. The average Bonchev–Trinajstić information content (AvgIpc) is 2.91. The van der Waals surface area contributed by atoms with Crippen molar-refractivity contribution in [1.82, 2.24) is 4.90 Å². The van der Waals surface area contributed by atoms with Crippen molar-refractivity contribution >= 4 is 5.97 Å². The summed E-state index contributed by atoms with van der Waals surface area (Å²) in [7, 11) is 0. The molecule has 0 bridgehead atoms. The largest absolute Gasteiger partial charge is 1.00 e. The van der Waals surface area contributed by atoms with E-state index in [9.17, 15) is 9.90 Å². The quantitative estimate of drug-likeness (QED) is 0.0605. The van der Waals surface area contributed by atoms with Gasteiger partial charge in [-0.15, -0.1) is 0 Å². The molecule has 0 aromatic heterocycles. The Kier molecular flexibility index (Phi) is 40.1. The average molecular weight is 576 g/mol. The second-order valence-electron chi connectivity index (χ2n) is 12.2. The van der Waals surface area contributed by atoms with Crippen LogP contribution in [0.5, 0.6) is 0 Å². The number of aliphatic carboxylic acids is 1. The normalized spacial score (nSPS) is 11.3. The van der Waals surface area contributed by atoms with Gasteiger partial charge < -0.3 is 14.8 Å². The molecule has 0 aliphatic carbocycles. The minimum atomic E-state index is -0.899. The van der Waals surface area contributed by atoms with Crippen molar-refractivity contribution in [2.45, 2.75) is 200 Å². The van der Waals surface area contributed by atoms with Gasteiger partial charge in [0.15, 0.2) is 0 Å². The first kappa shape index (κ1) is 42.2. The Balaban J connectivity index is 0. The van der Waals surface area contributed by atoms with Gasteiger partial charge in [-0.3, -0.25) is 0 Å². The van der Waals surface area contributed by atoms with E-state index in [0.29, 0.717) is 0 Å². The van der Waals surface area contributed by atoms with Crippen molar-refractivity contribution in [3.05, 3.63) is 0 Å². The molecule has 4 heteroatoms. The molecule has 0 aromatic carbocycles. The molecule has 0 aliphatic heterocycles. The van der Waals surface area contributed by atoms with E-state index in [1.165, 1.54) is 180 Å². The Morgan fingerprint density at radius 3 is 0.897 bits per heavy atom. The molecule has 0 spiro atoms. The Hall–Kier alpha value is 1.07.